The topological polar surface area (TPSA) is 46.5 Å². The SMILES string of the molecule is COC(=O)C=C(C)CC=C=C(C)C=CC1=C(C)C(O)CCC1(C)C. The fourth-order valence-corrected chi connectivity index (χ4v) is 2.87. The van der Waals surface area contributed by atoms with Crippen LogP contribution in [0.5, 0.6) is 0 Å². The lowest BCUT2D eigenvalue weighted by molar-refractivity contribution is -0.134. The van der Waals surface area contributed by atoms with Gasteiger partial charge < -0.3 is 9.84 Å². The van der Waals surface area contributed by atoms with Crippen LogP contribution >= 0.6 is 0 Å². The van der Waals surface area contributed by atoms with Crippen molar-refractivity contribution in [2.45, 2.75) is 60.0 Å². The number of aliphatic hydroxyl groups is 1. The summed E-state index contributed by atoms with van der Waals surface area (Å²) in [4.78, 5) is 11.1. The van der Waals surface area contributed by atoms with Crippen molar-refractivity contribution in [1.82, 2.24) is 0 Å². The highest BCUT2D eigenvalue weighted by Gasteiger charge is 2.30. The first kappa shape index (κ1) is 20.2. The smallest absolute Gasteiger partial charge is 0.330 e. The van der Waals surface area contributed by atoms with Gasteiger partial charge in [0, 0.05) is 6.08 Å². The Kier molecular flexibility index (Phi) is 7.47. The van der Waals surface area contributed by atoms with E-state index in [1.165, 1.54) is 18.8 Å². The van der Waals surface area contributed by atoms with E-state index in [0.717, 1.165) is 29.6 Å². The molecule has 0 aromatic rings. The second kappa shape index (κ2) is 8.86. The average molecular weight is 330 g/mol. The van der Waals surface area contributed by atoms with Crippen LogP contribution in [0.2, 0.25) is 0 Å². The summed E-state index contributed by atoms with van der Waals surface area (Å²) in [5, 5.41) is 10.1. The fraction of sp³-hybridized carbons (Fsp3) is 0.524. The van der Waals surface area contributed by atoms with Gasteiger partial charge in [0.05, 0.1) is 13.2 Å². The maximum atomic E-state index is 11.1. The van der Waals surface area contributed by atoms with Crippen molar-refractivity contribution in [3.63, 3.8) is 0 Å². The van der Waals surface area contributed by atoms with Crippen molar-refractivity contribution in [3.05, 3.63) is 52.3 Å². The first-order valence-electron chi connectivity index (χ1n) is 8.41. The number of hydrogen-bond donors (Lipinski definition) is 1. The molecule has 0 radical (unpaired) electrons. The average Bonchev–Trinajstić information content (AvgIpc) is 2.51. The van der Waals surface area contributed by atoms with Crippen LogP contribution in [-0.4, -0.2) is 24.3 Å². The molecule has 0 heterocycles. The van der Waals surface area contributed by atoms with Crippen molar-refractivity contribution in [3.8, 4) is 0 Å². The molecule has 1 aliphatic rings. The van der Waals surface area contributed by atoms with Gasteiger partial charge in [-0.05, 0) is 68.2 Å². The molecule has 3 heteroatoms. The lowest BCUT2D eigenvalue weighted by atomic mass is 9.71. The predicted octanol–water partition coefficient (Wildman–Crippen LogP) is 4.65. The maximum Gasteiger partial charge on any atom is 0.330 e. The molecule has 0 aliphatic heterocycles. The highest BCUT2D eigenvalue weighted by atomic mass is 16.5. The van der Waals surface area contributed by atoms with Crippen LogP contribution in [-0.2, 0) is 9.53 Å². The normalized spacial score (nSPS) is 20.8. The summed E-state index contributed by atoms with van der Waals surface area (Å²) in [5.41, 5.74) is 7.53. The van der Waals surface area contributed by atoms with E-state index in [0.29, 0.717) is 6.42 Å². The summed E-state index contributed by atoms with van der Waals surface area (Å²) in [6.07, 6.45) is 9.69. The number of hydrogen-bond acceptors (Lipinski definition) is 3. The zero-order chi connectivity index (χ0) is 18.3. The Morgan fingerprint density at radius 3 is 2.71 bits per heavy atom. The molecule has 0 aromatic heterocycles. The van der Waals surface area contributed by atoms with Crippen molar-refractivity contribution >= 4 is 5.97 Å². The summed E-state index contributed by atoms with van der Waals surface area (Å²) in [5.74, 6) is -0.331. The Morgan fingerprint density at radius 2 is 2.08 bits per heavy atom. The highest BCUT2D eigenvalue weighted by Crippen LogP contribution is 2.40. The minimum absolute atomic E-state index is 0.0870. The first-order valence-corrected chi connectivity index (χ1v) is 8.41. The van der Waals surface area contributed by atoms with Crippen molar-refractivity contribution in [2.24, 2.45) is 5.41 Å². The summed E-state index contributed by atoms with van der Waals surface area (Å²) in [6.45, 7) is 10.3. The third-order valence-electron chi connectivity index (χ3n) is 4.52. The Hall–Kier alpha value is -1.83. The molecule has 0 saturated carbocycles. The molecular weight excluding hydrogens is 300 g/mol. The van der Waals surface area contributed by atoms with E-state index in [2.05, 4.69) is 30.4 Å². The number of aliphatic hydroxyl groups excluding tert-OH is 1. The Balaban J connectivity index is 2.85. The van der Waals surface area contributed by atoms with Crippen LogP contribution in [0.15, 0.2) is 52.3 Å². The van der Waals surface area contributed by atoms with E-state index < -0.39 is 0 Å². The van der Waals surface area contributed by atoms with Gasteiger partial charge in [-0.1, -0.05) is 31.6 Å². The highest BCUT2D eigenvalue weighted by molar-refractivity contribution is 5.82. The van der Waals surface area contributed by atoms with Gasteiger partial charge in [-0.25, -0.2) is 4.79 Å². The second-order valence-electron chi connectivity index (χ2n) is 7.12. The summed E-state index contributed by atoms with van der Waals surface area (Å²) < 4.78 is 4.60. The zero-order valence-corrected chi connectivity index (χ0v) is 15.8. The Labute approximate surface area is 146 Å². The molecular formula is C21H30O3. The lowest BCUT2D eigenvalue weighted by Crippen LogP contribution is -2.27. The van der Waals surface area contributed by atoms with Gasteiger partial charge >= 0.3 is 5.97 Å². The number of esters is 1. The third kappa shape index (κ3) is 5.99. The molecule has 24 heavy (non-hydrogen) atoms. The first-order chi connectivity index (χ1) is 11.2. The molecule has 0 amide bonds. The Bertz CT molecular complexity index is 623. The quantitative estimate of drug-likeness (QED) is 0.345. The Morgan fingerprint density at radius 1 is 1.42 bits per heavy atom. The standard InChI is InChI=1S/C21H30O3/c1-15(8-7-9-16(2)14-20(23)24-6)10-11-18-17(3)19(22)12-13-21(18,4)5/h7,10-11,14,19,22H,9,12-13H2,1-6H3. The van der Waals surface area contributed by atoms with Crippen LogP contribution in [0.4, 0.5) is 0 Å². The number of rotatable bonds is 5. The van der Waals surface area contributed by atoms with Crippen LogP contribution in [0.25, 0.3) is 0 Å². The van der Waals surface area contributed by atoms with Crippen molar-refractivity contribution in [2.75, 3.05) is 7.11 Å². The number of methoxy groups -OCH3 is 1. The van der Waals surface area contributed by atoms with Crippen LogP contribution in [0.1, 0.15) is 53.9 Å². The van der Waals surface area contributed by atoms with E-state index in [9.17, 15) is 9.90 Å². The van der Waals surface area contributed by atoms with Gasteiger partial charge in [-0.3, -0.25) is 0 Å². The van der Waals surface area contributed by atoms with E-state index in [1.54, 1.807) is 0 Å². The van der Waals surface area contributed by atoms with E-state index >= 15 is 0 Å². The molecule has 1 atom stereocenters. The molecule has 1 rings (SSSR count). The third-order valence-corrected chi connectivity index (χ3v) is 4.52. The van der Waals surface area contributed by atoms with Gasteiger partial charge in [0.2, 0.25) is 0 Å². The zero-order valence-electron chi connectivity index (χ0n) is 15.8. The monoisotopic (exact) mass is 330 g/mol. The lowest BCUT2D eigenvalue weighted by Gasteiger charge is -2.35. The second-order valence-corrected chi connectivity index (χ2v) is 7.12. The van der Waals surface area contributed by atoms with Gasteiger partial charge in [-0.2, -0.15) is 0 Å². The van der Waals surface area contributed by atoms with Crippen molar-refractivity contribution < 1.29 is 14.6 Å². The minimum atomic E-state index is -0.331. The van der Waals surface area contributed by atoms with Crippen LogP contribution < -0.4 is 0 Å². The van der Waals surface area contributed by atoms with Gasteiger partial charge in [0.15, 0.2) is 0 Å². The van der Waals surface area contributed by atoms with E-state index in [-0.39, 0.29) is 17.5 Å². The number of allylic oxidation sites excluding steroid dienone is 5. The predicted molar refractivity (Wildman–Crippen MR) is 98.5 cm³/mol. The van der Waals surface area contributed by atoms with Crippen LogP contribution in [0.3, 0.4) is 0 Å². The van der Waals surface area contributed by atoms with Gasteiger partial charge in [-0.15, -0.1) is 5.73 Å². The van der Waals surface area contributed by atoms with E-state index in [4.69, 9.17) is 0 Å². The summed E-state index contributed by atoms with van der Waals surface area (Å²) in [7, 11) is 1.37. The van der Waals surface area contributed by atoms with Gasteiger partial charge in [0.1, 0.15) is 0 Å². The molecule has 3 nitrogen and oxygen atoms in total. The number of carbonyl (C=O) groups is 1. The molecule has 1 N–H and O–H groups in total. The molecule has 0 bridgehead atoms. The summed E-state index contributed by atoms with van der Waals surface area (Å²) in [6, 6.07) is 0. The molecule has 0 spiro atoms. The van der Waals surface area contributed by atoms with Gasteiger partial charge in [0.25, 0.3) is 0 Å². The molecule has 0 aromatic carbocycles. The maximum absolute atomic E-state index is 11.1. The molecule has 0 saturated heterocycles. The van der Waals surface area contributed by atoms with Crippen molar-refractivity contribution in [1.29, 1.82) is 0 Å². The van der Waals surface area contributed by atoms with Crippen LogP contribution in [0, 0.1) is 5.41 Å². The number of carbonyl (C=O) groups excluding carboxylic acids is 1. The van der Waals surface area contributed by atoms with E-state index in [1.807, 2.05) is 32.9 Å². The summed E-state index contributed by atoms with van der Waals surface area (Å²) >= 11 is 0. The fourth-order valence-electron chi connectivity index (χ4n) is 2.87. The molecule has 132 valence electrons. The molecule has 0 fully saturated rings. The number of ether oxygens (including phenoxy) is 1. The minimum Gasteiger partial charge on any atom is -0.466 e. The molecule has 1 aliphatic carbocycles. The molecule has 1 unspecified atom stereocenters. The largest absolute Gasteiger partial charge is 0.466 e.